The largest absolute Gasteiger partial charge is 0.497 e. The van der Waals surface area contributed by atoms with Gasteiger partial charge in [0, 0.05) is 45.8 Å². The lowest BCUT2D eigenvalue weighted by Gasteiger charge is -2.35. The maximum atomic E-state index is 5.57. The topological polar surface area (TPSA) is 61.4 Å². The normalized spacial score (nSPS) is 21.5. The summed E-state index contributed by atoms with van der Waals surface area (Å²) in [5, 5.41) is 7.05. The summed E-state index contributed by atoms with van der Waals surface area (Å²) in [7, 11) is 3.55. The van der Waals surface area contributed by atoms with Gasteiger partial charge in [-0.3, -0.25) is 9.89 Å². The van der Waals surface area contributed by atoms with E-state index in [1.165, 1.54) is 31.4 Å². The average molecular weight is 560 g/mol. The predicted molar refractivity (Wildman–Crippen MR) is 142 cm³/mol. The molecule has 0 aliphatic carbocycles. The van der Waals surface area contributed by atoms with Crippen molar-refractivity contribution in [2.45, 2.75) is 44.7 Å². The number of morpholine rings is 1. The molecule has 2 fully saturated rings. The van der Waals surface area contributed by atoms with Crippen LogP contribution in [0, 0.1) is 0 Å². The fourth-order valence-electron chi connectivity index (χ4n) is 4.57. The van der Waals surface area contributed by atoms with E-state index in [1.807, 2.05) is 19.2 Å². The van der Waals surface area contributed by atoms with E-state index in [1.54, 1.807) is 7.11 Å². The number of piperidine rings is 1. The van der Waals surface area contributed by atoms with Crippen molar-refractivity contribution >= 4 is 29.9 Å². The summed E-state index contributed by atoms with van der Waals surface area (Å²) in [5.41, 5.74) is 1.28. The molecule has 2 unspecified atom stereocenters. The van der Waals surface area contributed by atoms with Crippen LogP contribution < -0.4 is 15.4 Å². The zero-order valence-corrected chi connectivity index (χ0v) is 22.3. The Labute approximate surface area is 211 Å². The highest BCUT2D eigenvalue weighted by molar-refractivity contribution is 14.0. The first kappa shape index (κ1) is 27.1. The van der Waals surface area contributed by atoms with Crippen LogP contribution >= 0.6 is 24.0 Å². The molecule has 0 amide bonds. The van der Waals surface area contributed by atoms with Crippen molar-refractivity contribution in [3.63, 3.8) is 0 Å². The van der Waals surface area contributed by atoms with Gasteiger partial charge in [0.15, 0.2) is 5.96 Å². The van der Waals surface area contributed by atoms with Gasteiger partial charge in [0.05, 0.1) is 26.4 Å². The first-order valence-corrected chi connectivity index (χ1v) is 11.9. The van der Waals surface area contributed by atoms with Crippen molar-refractivity contribution in [1.82, 2.24) is 20.4 Å². The van der Waals surface area contributed by atoms with Gasteiger partial charge in [-0.25, -0.2) is 0 Å². The fourth-order valence-corrected chi connectivity index (χ4v) is 4.57. The summed E-state index contributed by atoms with van der Waals surface area (Å²) in [6.45, 7) is 9.96. The minimum Gasteiger partial charge on any atom is -0.497 e. The number of aliphatic imine (C=N–C) groups is 1. The number of hydrogen-bond acceptors (Lipinski definition) is 5. The number of ether oxygens (including phenoxy) is 2. The SMILES string of the molecule is CN=C(NCCCN1CCCCC1C)NCC(c1ccc(OC)cc1)N1CCOCC1.I. The molecule has 2 saturated heterocycles. The molecule has 1 aromatic rings. The highest BCUT2D eigenvalue weighted by Crippen LogP contribution is 2.23. The van der Waals surface area contributed by atoms with Gasteiger partial charge in [-0.2, -0.15) is 0 Å². The second kappa shape index (κ2) is 14.9. The Hall–Kier alpha value is -1.10. The Morgan fingerprint density at radius 3 is 2.56 bits per heavy atom. The summed E-state index contributed by atoms with van der Waals surface area (Å²) in [6, 6.07) is 9.40. The first-order chi connectivity index (χ1) is 15.2. The predicted octanol–water partition coefficient (Wildman–Crippen LogP) is 3.12. The summed E-state index contributed by atoms with van der Waals surface area (Å²) in [5.74, 6) is 1.76. The van der Waals surface area contributed by atoms with Crippen molar-refractivity contribution in [2.75, 3.05) is 66.6 Å². The lowest BCUT2D eigenvalue weighted by Crippen LogP contribution is -2.46. The fraction of sp³-hybridized carbons (Fsp3) is 0.708. The molecular weight excluding hydrogens is 517 g/mol. The Balaban J connectivity index is 0.00000363. The molecule has 182 valence electrons. The third-order valence-electron chi connectivity index (χ3n) is 6.53. The molecule has 3 rings (SSSR count). The summed E-state index contributed by atoms with van der Waals surface area (Å²) < 4.78 is 10.9. The molecule has 2 atom stereocenters. The van der Waals surface area contributed by atoms with E-state index < -0.39 is 0 Å². The molecule has 2 aliphatic heterocycles. The number of guanidine groups is 1. The quantitative estimate of drug-likeness (QED) is 0.210. The second-order valence-electron chi connectivity index (χ2n) is 8.55. The molecule has 0 radical (unpaired) electrons. The van der Waals surface area contributed by atoms with Crippen LogP contribution in [0.2, 0.25) is 0 Å². The molecule has 2 N–H and O–H groups in total. The van der Waals surface area contributed by atoms with E-state index in [0.29, 0.717) is 0 Å². The second-order valence-corrected chi connectivity index (χ2v) is 8.55. The van der Waals surface area contributed by atoms with Crippen LogP contribution in [-0.4, -0.2) is 88.4 Å². The van der Waals surface area contributed by atoms with Gasteiger partial charge in [-0.1, -0.05) is 18.6 Å². The molecule has 0 spiro atoms. The number of benzene rings is 1. The van der Waals surface area contributed by atoms with Crippen LogP contribution in [0.1, 0.15) is 44.2 Å². The minimum absolute atomic E-state index is 0. The van der Waals surface area contributed by atoms with Crippen molar-refractivity contribution < 1.29 is 9.47 Å². The standard InChI is InChI=1S/C24H41N5O2.HI/c1-20-7-4-5-13-28(20)14-6-12-26-24(25-2)27-19-23(29-15-17-31-18-16-29)21-8-10-22(30-3)11-9-21;/h8-11,20,23H,4-7,12-19H2,1-3H3,(H2,25,26,27);1H. The Morgan fingerprint density at radius 1 is 1.16 bits per heavy atom. The van der Waals surface area contributed by atoms with E-state index in [-0.39, 0.29) is 30.0 Å². The van der Waals surface area contributed by atoms with Crippen molar-refractivity contribution in [1.29, 1.82) is 0 Å². The Morgan fingerprint density at radius 2 is 1.91 bits per heavy atom. The third-order valence-corrected chi connectivity index (χ3v) is 6.53. The number of nitrogens with one attached hydrogen (secondary N) is 2. The smallest absolute Gasteiger partial charge is 0.191 e. The van der Waals surface area contributed by atoms with Crippen molar-refractivity contribution in [3.8, 4) is 5.75 Å². The van der Waals surface area contributed by atoms with Gasteiger partial charge in [-0.15, -0.1) is 24.0 Å². The summed E-state index contributed by atoms with van der Waals surface area (Å²) >= 11 is 0. The monoisotopic (exact) mass is 559 g/mol. The number of likely N-dealkylation sites (tertiary alicyclic amines) is 1. The molecule has 0 aromatic heterocycles. The molecule has 7 nitrogen and oxygen atoms in total. The summed E-state index contributed by atoms with van der Waals surface area (Å²) in [4.78, 5) is 9.56. The van der Waals surface area contributed by atoms with Gasteiger partial charge in [0.25, 0.3) is 0 Å². The summed E-state index contributed by atoms with van der Waals surface area (Å²) in [6.07, 6.45) is 5.20. The maximum absolute atomic E-state index is 5.57. The lowest BCUT2D eigenvalue weighted by atomic mass is 10.0. The van der Waals surface area contributed by atoms with E-state index in [0.717, 1.165) is 70.1 Å². The number of methoxy groups -OCH3 is 1. The van der Waals surface area contributed by atoms with Crippen LogP contribution in [-0.2, 0) is 4.74 Å². The highest BCUT2D eigenvalue weighted by atomic mass is 127. The number of hydrogen-bond donors (Lipinski definition) is 2. The van der Waals surface area contributed by atoms with E-state index >= 15 is 0 Å². The zero-order valence-electron chi connectivity index (χ0n) is 20.0. The van der Waals surface area contributed by atoms with Gasteiger partial charge in [0.2, 0.25) is 0 Å². The molecular formula is C24H42IN5O2. The van der Waals surface area contributed by atoms with Gasteiger partial charge >= 0.3 is 0 Å². The van der Waals surface area contributed by atoms with Gasteiger partial charge in [0.1, 0.15) is 5.75 Å². The Bertz CT molecular complexity index is 667. The number of rotatable bonds is 9. The first-order valence-electron chi connectivity index (χ1n) is 11.9. The molecule has 32 heavy (non-hydrogen) atoms. The number of nitrogens with zero attached hydrogens (tertiary/aromatic N) is 3. The van der Waals surface area contributed by atoms with Gasteiger partial charge < -0.3 is 25.0 Å². The minimum atomic E-state index is 0. The molecule has 8 heteroatoms. The zero-order chi connectivity index (χ0) is 21.9. The molecule has 1 aromatic carbocycles. The number of halogens is 1. The van der Waals surface area contributed by atoms with Crippen LogP contribution in [0.15, 0.2) is 29.3 Å². The average Bonchev–Trinajstić information content (AvgIpc) is 2.82. The molecule has 2 heterocycles. The van der Waals surface area contributed by atoms with Crippen molar-refractivity contribution in [2.24, 2.45) is 4.99 Å². The van der Waals surface area contributed by atoms with Crippen LogP contribution in [0.5, 0.6) is 5.75 Å². The van der Waals surface area contributed by atoms with Crippen LogP contribution in [0.3, 0.4) is 0 Å². The molecule has 2 aliphatic rings. The van der Waals surface area contributed by atoms with E-state index in [2.05, 4.69) is 44.5 Å². The third kappa shape index (κ3) is 8.35. The van der Waals surface area contributed by atoms with Crippen LogP contribution in [0.25, 0.3) is 0 Å². The molecule has 0 saturated carbocycles. The maximum Gasteiger partial charge on any atom is 0.191 e. The highest BCUT2D eigenvalue weighted by Gasteiger charge is 2.23. The van der Waals surface area contributed by atoms with Crippen molar-refractivity contribution in [3.05, 3.63) is 29.8 Å². The van der Waals surface area contributed by atoms with Crippen LogP contribution in [0.4, 0.5) is 0 Å². The lowest BCUT2D eigenvalue weighted by molar-refractivity contribution is 0.0170. The molecule has 0 bridgehead atoms. The Kier molecular flexibility index (Phi) is 12.7. The van der Waals surface area contributed by atoms with Gasteiger partial charge in [-0.05, 0) is 50.4 Å². The van der Waals surface area contributed by atoms with E-state index in [4.69, 9.17) is 9.47 Å². The van der Waals surface area contributed by atoms with E-state index in [9.17, 15) is 0 Å².